The molecule has 0 N–H and O–H groups in total. The largest absolute Gasteiger partial charge is 0.465 e. The van der Waals surface area contributed by atoms with Crippen LogP contribution in [0.4, 0.5) is 0 Å². The van der Waals surface area contributed by atoms with Crippen molar-refractivity contribution >= 4 is 41.0 Å². The van der Waals surface area contributed by atoms with Crippen LogP contribution in [0.2, 0.25) is 10.0 Å². The van der Waals surface area contributed by atoms with Crippen molar-refractivity contribution in [2.45, 2.75) is 6.29 Å². The Morgan fingerprint density at radius 1 is 1.10 bits per heavy atom. The standard InChI is InChI=1S/C14H14Cl2O5/c1-19-13(18)9(12(17)14(20-2)21-3)6-8-4-5-10(15)11(16)7-8/h4-7,14H,1-3H3/b9-6-. The smallest absolute Gasteiger partial charge is 0.341 e. The molecule has 0 aliphatic rings. The summed E-state index contributed by atoms with van der Waals surface area (Å²) in [5.74, 6) is -1.46. The molecule has 0 heterocycles. The van der Waals surface area contributed by atoms with Crippen LogP contribution >= 0.6 is 23.2 Å². The van der Waals surface area contributed by atoms with E-state index in [0.29, 0.717) is 15.6 Å². The van der Waals surface area contributed by atoms with Gasteiger partial charge >= 0.3 is 5.97 Å². The van der Waals surface area contributed by atoms with E-state index in [4.69, 9.17) is 32.7 Å². The third-order valence-electron chi connectivity index (χ3n) is 2.57. The van der Waals surface area contributed by atoms with Gasteiger partial charge in [0.25, 0.3) is 0 Å². The van der Waals surface area contributed by atoms with Crippen LogP contribution in [0.3, 0.4) is 0 Å². The van der Waals surface area contributed by atoms with Gasteiger partial charge in [0.2, 0.25) is 12.1 Å². The third kappa shape index (κ3) is 4.54. The summed E-state index contributed by atoms with van der Waals surface area (Å²) >= 11 is 11.7. The van der Waals surface area contributed by atoms with Gasteiger partial charge in [0.15, 0.2) is 0 Å². The summed E-state index contributed by atoms with van der Waals surface area (Å²) in [6, 6.07) is 4.69. The monoisotopic (exact) mass is 332 g/mol. The van der Waals surface area contributed by atoms with Crippen LogP contribution in [0.5, 0.6) is 0 Å². The van der Waals surface area contributed by atoms with Crippen LogP contribution in [0, 0.1) is 0 Å². The molecule has 0 fully saturated rings. The minimum absolute atomic E-state index is 0.218. The number of carbonyl (C=O) groups is 2. The Balaban J connectivity index is 3.24. The highest BCUT2D eigenvalue weighted by Crippen LogP contribution is 2.24. The predicted octanol–water partition coefficient (Wildman–Crippen LogP) is 2.74. The van der Waals surface area contributed by atoms with Crippen molar-refractivity contribution < 1.29 is 23.8 Å². The normalized spacial score (nSPS) is 11.6. The number of Topliss-reactive ketones (excluding diaryl/α,β-unsaturated/α-hetero) is 1. The Morgan fingerprint density at radius 3 is 2.19 bits per heavy atom. The fraction of sp³-hybridized carbons (Fsp3) is 0.286. The van der Waals surface area contributed by atoms with Gasteiger partial charge in [-0.25, -0.2) is 4.79 Å². The minimum Gasteiger partial charge on any atom is -0.465 e. The van der Waals surface area contributed by atoms with Gasteiger partial charge in [-0.1, -0.05) is 29.3 Å². The SMILES string of the molecule is COC(=O)/C(=C\c1ccc(Cl)c(Cl)c1)C(=O)C(OC)OC. The molecule has 0 saturated heterocycles. The zero-order valence-corrected chi connectivity index (χ0v) is 13.2. The van der Waals surface area contributed by atoms with Crippen LogP contribution in [-0.4, -0.2) is 39.4 Å². The van der Waals surface area contributed by atoms with Crippen LogP contribution in [-0.2, 0) is 23.8 Å². The highest BCUT2D eigenvalue weighted by Gasteiger charge is 2.27. The van der Waals surface area contributed by atoms with E-state index in [1.807, 2.05) is 0 Å². The first-order valence-electron chi connectivity index (χ1n) is 5.79. The van der Waals surface area contributed by atoms with Crippen LogP contribution < -0.4 is 0 Å². The second kappa shape index (κ2) is 8.14. The molecule has 0 unspecified atom stereocenters. The van der Waals surface area contributed by atoms with Gasteiger partial charge in [0, 0.05) is 14.2 Å². The van der Waals surface area contributed by atoms with E-state index in [2.05, 4.69) is 4.74 Å². The molecule has 5 nitrogen and oxygen atoms in total. The zero-order chi connectivity index (χ0) is 16.0. The van der Waals surface area contributed by atoms with Crippen molar-refractivity contribution in [3.05, 3.63) is 39.4 Å². The van der Waals surface area contributed by atoms with E-state index in [1.54, 1.807) is 12.1 Å². The molecule has 0 saturated carbocycles. The Hall–Kier alpha value is -1.40. The van der Waals surface area contributed by atoms with Crippen LogP contribution in [0.15, 0.2) is 23.8 Å². The number of hydrogen-bond donors (Lipinski definition) is 0. The summed E-state index contributed by atoms with van der Waals surface area (Å²) in [4.78, 5) is 23.9. The molecule has 0 aliphatic carbocycles. The van der Waals surface area contributed by atoms with Gasteiger partial charge in [-0.3, -0.25) is 4.79 Å². The zero-order valence-electron chi connectivity index (χ0n) is 11.7. The number of carbonyl (C=O) groups excluding carboxylic acids is 2. The summed E-state index contributed by atoms with van der Waals surface area (Å²) < 4.78 is 14.3. The molecule has 0 amide bonds. The maximum absolute atomic E-state index is 12.2. The first-order chi connectivity index (χ1) is 9.94. The van der Waals surface area contributed by atoms with Gasteiger partial charge in [-0.2, -0.15) is 0 Å². The lowest BCUT2D eigenvalue weighted by atomic mass is 10.1. The molecular weight excluding hydrogens is 319 g/mol. The number of esters is 1. The highest BCUT2D eigenvalue weighted by molar-refractivity contribution is 6.42. The van der Waals surface area contributed by atoms with Crippen LogP contribution in [0.25, 0.3) is 6.08 Å². The van der Waals surface area contributed by atoms with Gasteiger partial charge in [0.1, 0.15) is 5.57 Å². The molecule has 0 radical (unpaired) electrons. The van der Waals surface area contributed by atoms with Crippen molar-refractivity contribution in [2.24, 2.45) is 0 Å². The van der Waals surface area contributed by atoms with Crippen molar-refractivity contribution in [1.82, 2.24) is 0 Å². The molecule has 1 aromatic rings. The van der Waals surface area contributed by atoms with Gasteiger partial charge < -0.3 is 14.2 Å². The highest BCUT2D eigenvalue weighted by atomic mass is 35.5. The topological polar surface area (TPSA) is 61.8 Å². The molecule has 0 aliphatic heterocycles. The Kier molecular flexibility index (Phi) is 6.84. The summed E-state index contributed by atoms with van der Waals surface area (Å²) in [6.45, 7) is 0. The van der Waals surface area contributed by atoms with Gasteiger partial charge in [0.05, 0.1) is 17.2 Å². The summed E-state index contributed by atoms with van der Waals surface area (Å²) in [5.41, 5.74) is 0.300. The molecule has 21 heavy (non-hydrogen) atoms. The molecule has 0 atom stereocenters. The second-order valence-corrected chi connectivity index (χ2v) is 4.71. The fourth-order valence-corrected chi connectivity index (χ4v) is 1.85. The maximum Gasteiger partial charge on any atom is 0.341 e. The lowest BCUT2D eigenvalue weighted by molar-refractivity contribution is -0.155. The summed E-state index contributed by atoms with van der Waals surface area (Å²) in [5, 5.41) is 0.670. The quantitative estimate of drug-likeness (QED) is 0.263. The Morgan fingerprint density at radius 2 is 1.71 bits per heavy atom. The van der Waals surface area contributed by atoms with E-state index in [0.717, 1.165) is 0 Å². The van der Waals surface area contributed by atoms with Gasteiger partial charge in [-0.15, -0.1) is 0 Å². The second-order valence-electron chi connectivity index (χ2n) is 3.89. The average Bonchev–Trinajstić information content (AvgIpc) is 2.48. The van der Waals surface area contributed by atoms with E-state index in [9.17, 15) is 9.59 Å². The van der Waals surface area contributed by atoms with E-state index < -0.39 is 18.0 Å². The number of ether oxygens (including phenoxy) is 3. The van der Waals surface area contributed by atoms with Crippen molar-refractivity contribution in [3.8, 4) is 0 Å². The number of ketones is 1. The van der Waals surface area contributed by atoms with Crippen LogP contribution in [0.1, 0.15) is 5.56 Å². The first kappa shape index (κ1) is 17.7. The number of hydrogen-bond acceptors (Lipinski definition) is 5. The van der Waals surface area contributed by atoms with Crippen molar-refractivity contribution in [2.75, 3.05) is 21.3 Å². The van der Waals surface area contributed by atoms with Crippen molar-refractivity contribution in [1.29, 1.82) is 0 Å². The molecule has 0 spiro atoms. The minimum atomic E-state index is -1.20. The van der Waals surface area contributed by atoms with Gasteiger partial charge in [-0.05, 0) is 23.8 Å². The average molecular weight is 333 g/mol. The molecule has 0 bridgehead atoms. The third-order valence-corrected chi connectivity index (χ3v) is 3.31. The van der Waals surface area contributed by atoms with Crippen molar-refractivity contribution in [3.63, 3.8) is 0 Å². The van der Waals surface area contributed by atoms with E-state index in [1.165, 1.54) is 33.5 Å². The molecule has 1 rings (SSSR count). The summed E-state index contributed by atoms with van der Waals surface area (Å²) in [7, 11) is 3.76. The summed E-state index contributed by atoms with van der Waals surface area (Å²) in [6.07, 6.45) is 0.139. The molecular formula is C14H14Cl2O5. The fourth-order valence-electron chi connectivity index (χ4n) is 1.55. The first-order valence-corrected chi connectivity index (χ1v) is 6.55. The lowest BCUT2D eigenvalue weighted by Gasteiger charge is -2.13. The Labute approximate surface area is 132 Å². The molecule has 1 aromatic carbocycles. The number of rotatable bonds is 6. The lowest BCUT2D eigenvalue weighted by Crippen LogP contribution is -2.29. The molecule has 7 heteroatoms. The number of benzene rings is 1. The molecule has 0 aromatic heterocycles. The number of methoxy groups -OCH3 is 3. The van der Waals surface area contributed by atoms with E-state index in [-0.39, 0.29) is 5.57 Å². The predicted molar refractivity (Wildman–Crippen MR) is 79.3 cm³/mol. The molecule has 114 valence electrons. The van der Waals surface area contributed by atoms with E-state index >= 15 is 0 Å². The Bertz CT molecular complexity index is 564. The number of halogens is 2. The maximum atomic E-state index is 12.2.